The number of hydrogen-bond acceptors (Lipinski definition) is 10. The lowest BCUT2D eigenvalue weighted by Crippen LogP contribution is -2.47. The largest absolute Gasteiger partial charge is 0.497 e. The third-order valence-electron chi connectivity index (χ3n) is 7.89. The molecular formula is C36H35N5O7S. The van der Waals surface area contributed by atoms with Crippen molar-refractivity contribution in [1.29, 1.82) is 5.26 Å². The molecule has 0 fully saturated rings. The van der Waals surface area contributed by atoms with Gasteiger partial charge in [-0.25, -0.2) is 14.6 Å². The molecule has 2 aromatic heterocycles. The number of esters is 1. The van der Waals surface area contributed by atoms with Gasteiger partial charge in [0.05, 0.1) is 60.5 Å². The van der Waals surface area contributed by atoms with Crippen LogP contribution in [0.5, 0.6) is 11.5 Å². The third-order valence-corrected chi connectivity index (χ3v) is 8.88. The van der Waals surface area contributed by atoms with Crippen LogP contribution in [0.15, 0.2) is 81.4 Å². The highest BCUT2D eigenvalue weighted by Gasteiger charge is 2.37. The predicted molar refractivity (Wildman–Crippen MR) is 183 cm³/mol. The van der Waals surface area contributed by atoms with E-state index in [1.54, 1.807) is 95.6 Å². The number of benzene rings is 2. The first-order chi connectivity index (χ1) is 23.6. The number of aromatic nitrogens is 1. The number of urea groups is 1. The minimum Gasteiger partial charge on any atom is -0.497 e. The zero-order chi connectivity index (χ0) is 35.2. The summed E-state index contributed by atoms with van der Waals surface area (Å²) in [4.78, 5) is 46.7. The Labute approximate surface area is 288 Å². The van der Waals surface area contributed by atoms with Crippen LogP contribution in [-0.2, 0) is 9.53 Å². The molecular weight excluding hydrogens is 646 g/mol. The highest BCUT2D eigenvalue weighted by molar-refractivity contribution is 7.99. The molecule has 13 heteroatoms. The molecule has 4 aromatic rings. The number of thioether (sulfide) groups is 1. The van der Waals surface area contributed by atoms with Crippen LogP contribution in [0, 0.1) is 25.2 Å². The van der Waals surface area contributed by atoms with Gasteiger partial charge < -0.3 is 29.3 Å². The number of para-hydroxylation sites is 2. The van der Waals surface area contributed by atoms with Crippen molar-refractivity contribution < 1.29 is 33.0 Å². The predicted octanol–water partition coefficient (Wildman–Crippen LogP) is 6.41. The number of furan rings is 1. The van der Waals surface area contributed by atoms with Gasteiger partial charge in [0.15, 0.2) is 0 Å². The van der Waals surface area contributed by atoms with Crippen molar-refractivity contribution in [2.45, 2.75) is 31.8 Å². The Kier molecular flexibility index (Phi) is 10.6. The molecule has 1 atom stereocenters. The smallest absolute Gasteiger partial charge is 0.338 e. The molecule has 0 bridgehead atoms. The van der Waals surface area contributed by atoms with Crippen LogP contribution in [0.4, 0.5) is 10.5 Å². The quantitative estimate of drug-likeness (QED) is 0.134. The fraction of sp³-hybridized carbons (Fsp3) is 0.250. The molecule has 49 heavy (non-hydrogen) atoms. The van der Waals surface area contributed by atoms with Gasteiger partial charge >= 0.3 is 12.0 Å². The number of pyridine rings is 1. The fourth-order valence-corrected chi connectivity index (χ4v) is 6.59. The van der Waals surface area contributed by atoms with E-state index in [-0.39, 0.29) is 39.6 Å². The van der Waals surface area contributed by atoms with Crippen LogP contribution in [-0.4, -0.2) is 61.4 Å². The Bertz CT molecular complexity index is 1980. The summed E-state index contributed by atoms with van der Waals surface area (Å²) in [6.45, 7) is 5.26. The van der Waals surface area contributed by atoms with Crippen LogP contribution >= 0.6 is 11.8 Å². The van der Waals surface area contributed by atoms with Gasteiger partial charge in [0.2, 0.25) is 0 Å². The first-order valence-corrected chi connectivity index (χ1v) is 16.3. The number of rotatable bonds is 11. The van der Waals surface area contributed by atoms with Gasteiger partial charge in [-0.05, 0) is 62.7 Å². The summed E-state index contributed by atoms with van der Waals surface area (Å²) in [5.74, 6) is 0.941. The summed E-state index contributed by atoms with van der Waals surface area (Å²) in [5, 5.41) is 16.6. The molecule has 0 aliphatic carbocycles. The van der Waals surface area contributed by atoms with Crippen LogP contribution in [0.25, 0.3) is 11.3 Å². The van der Waals surface area contributed by atoms with E-state index in [0.29, 0.717) is 45.7 Å². The number of amides is 3. The number of hydrogen-bond donors (Lipinski definition) is 2. The van der Waals surface area contributed by atoms with Gasteiger partial charge in [0, 0.05) is 18.5 Å². The Balaban J connectivity index is 1.61. The number of nitrogens with zero attached hydrogens (tertiary/aromatic N) is 3. The van der Waals surface area contributed by atoms with Crippen LogP contribution < -0.4 is 20.1 Å². The number of aryl methyl sites for hydroxylation is 2. The molecule has 5 rings (SSSR count). The molecule has 3 amide bonds. The van der Waals surface area contributed by atoms with E-state index in [1.807, 2.05) is 0 Å². The molecule has 2 aromatic carbocycles. The highest BCUT2D eigenvalue weighted by atomic mass is 32.2. The minimum atomic E-state index is -0.808. The maximum atomic E-state index is 13.9. The van der Waals surface area contributed by atoms with Crippen molar-refractivity contribution in [3.8, 4) is 28.9 Å². The maximum Gasteiger partial charge on any atom is 0.338 e. The Morgan fingerprint density at radius 1 is 1.08 bits per heavy atom. The van der Waals surface area contributed by atoms with Gasteiger partial charge in [0.25, 0.3) is 5.91 Å². The molecule has 2 N–H and O–H groups in total. The molecule has 0 saturated carbocycles. The lowest BCUT2D eigenvalue weighted by molar-refractivity contribution is -0.139. The summed E-state index contributed by atoms with van der Waals surface area (Å²) >= 11 is 1.15. The number of carbonyl (C=O) groups is 3. The average Bonchev–Trinajstić information content (AvgIpc) is 3.54. The lowest BCUT2D eigenvalue weighted by atomic mass is 9.95. The molecule has 1 unspecified atom stereocenters. The SMILES string of the molecule is CCOC(=O)C1=C(CSc2nc(C)c(C(=O)Nc3ccccc3OC)c(-c3ccc(C)o3)c2C#N)N(C)C(=O)NC1c1ccc(OC)cc1. The monoisotopic (exact) mass is 681 g/mol. The number of nitriles is 1. The van der Waals surface area contributed by atoms with Crippen molar-refractivity contribution in [2.75, 3.05) is 38.9 Å². The normalized spacial score (nSPS) is 14.2. The summed E-state index contributed by atoms with van der Waals surface area (Å²) in [6.07, 6.45) is 0. The van der Waals surface area contributed by atoms with Crippen molar-refractivity contribution in [3.05, 3.63) is 100 Å². The van der Waals surface area contributed by atoms with Crippen LogP contribution in [0.2, 0.25) is 0 Å². The van der Waals surface area contributed by atoms with Gasteiger partial charge in [-0.2, -0.15) is 5.26 Å². The van der Waals surface area contributed by atoms with E-state index in [2.05, 4.69) is 16.7 Å². The first-order valence-electron chi connectivity index (χ1n) is 15.3. The minimum absolute atomic E-state index is 0.0647. The highest BCUT2D eigenvalue weighted by Crippen LogP contribution is 2.39. The molecule has 0 spiro atoms. The number of methoxy groups -OCH3 is 2. The van der Waals surface area contributed by atoms with E-state index < -0.39 is 23.9 Å². The molecule has 1 aliphatic rings. The maximum absolute atomic E-state index is 13.9. The van der Waals surface area contributed by atoms with E-state index >= 15 is 0 Å². The third kappa shape index (κ3) is 7.09. The Morgan fingerprint density at radius 3 is 2.45 bits per heavy atom. The van der Waals surface area contributed by atoms with Crippen molar-refractivity contribution in [1.82, 2.24) is 15.2 Å². The van der Waals surface area contributed by atoms with Crippen molar-refractivity contribution in [3.63, 3.8) is 0 Å². The molecule has 0 radical (unpaired) electrons. The van der Waals surface area contributed by atoms with E-state index in [0.717, 1.165) is 11.8 Å². The van der Waals surface area contributed by atoms with Gasteiger partial charge in [-0.3, -0.25) is 9.69 Å². The van der Waals surface area contributed by atoms with Crippen molar-refractivity contribution >= 4 is 35.4 Å². The molecule has 252 valence electrons. The molecule has 0 saturated heterocycles. The van der Waals surface area contributed by atoms with Gasteiger partial charge in [0.1, 0.15) is 34.1 Å². The second-order valence-electron chi connectivity index (χ2n) is 10.9. The summed E-state index contributed by atoms with van der Waals surface area (Å²) in [7, 11) is 4.61. The molecule has 1 aliphatic heterocycles. The Morgan fingerprint density at radius 2 is 1.82 bits per heavy atom. The van der Waals surface area contributed by atoms with E-state index in [4.69, 9.17) is 23.6 Å². The van der Waals surface area contributed by atoms with Crippen LogP contribution in [0.1, 0.15) is 45.9 Å². The van der Waals surface area contributed by atoms with E-state index in [1.165, 1.54) is 12.0 Å². The number of carbonyl (C=O) groups excluding carboxylic acids is 3. The van der Waals surface area contributed by atoms with Gasteiger partial charge in [-0.1, -0.05) is 36.0 Å². The first kappa shape index (κ1) is 34.6. The van der Waals surface area contributed by atoms with Crippen molar-refractivity contribution in [2.24, 2.45) is 0 Å². The zero-order valence-electron chi connectivity index (χ0n) is 27.9. The number of ether oxygens (including phenoxy) is 3. The number of nitrogens with one attached hydrogen (secondary N) is 2. The topological polar surface area (TPSA) is 156 Å². The number of anilines is 1. The van der Waals surface area contributed by atoms with E-state index in [9.17, 15) is 19.6 Å². The second kappa shape index (κ2) is 15.0. The Hall–Kier alpha value is -5.74. The summed E-state index contributed by atoms with van der Waals surface area (Å²) < 4.78 is 22.1. The summed E-state index contributed by atoms with van der Waals surface area (Å²) in [5.41, 5.74) is 2.57. The molecule has 3 heterocycles. The van der Waals surface area contributed by atoms with Crippen LogP contribution in [0.3, 0.4) is 0 Å². The van der Waals surface area contributed by atoms with Gasteiger partial charge in [-0.15, -0.1) is 0 Å². The second-order valence-corrected chi connectivity index (χ2v) is 11.9. The lowest BCUT2D eigenvalue weighted by Gasteiger charge is -2.34. The zero-order valence-corrected chi connectivity index (χ0v) is 28.7. The average molecular weight is 682 g/mol. The molecule has 12 nitrogen and oxygen atoms in total. The fourth-order valence-electron chi connectivity index (χ4n) is 5.48. The standard InChI is InChI=1S/C36H35N5O7S/c1-7-47-35(43)31-26(41(4)36(44)40-32(31)22-13-15-23(45-5)16-14-22)19-49-34-24(18-37)30(28-17-12-20(2)48-28)29(21(3)38-34)33(42)39-25-10-8-9-11-27(25)46-6/h8-17,32H,7,19H2,1-6H3,(H,39,42)(H,40,44). The summed E-state index contributed by atoms with van der Waals surface area (Å²) in [6, 6.07) is 18.4.